The maximum absolute atomic E-state index is 12.7. The number of aromatic amines is 1. The first-order valence-corrected chi connectivity index (χ1v) is 10.5. The number of hydrogen-bond acceptors (Lipinski definition) is 8. The number of H-pyrrole nitrogens is 1. The van der Waals surface area contributed by atoms with Gasteiger partial charge < -0.3 is 25.1 Å². The molecule has 0 saturated carbocycles. The molecule has 168 valence electrons. The van der Waals surface area contributed by atoms with Crippen molar-refractivity contribution in [2.24, 2.45) is 0 Å². The van der Waals surface area contributed by atoms with Crippen LogP contribution < -0.4 is 40.2 Å². The molecular weight excluding hydrogens is 459 g/mol. The van der Waals surface area contributed by atoms with Crippen LogP contribution in [0.4, 0.5) is 4.79 Å². The molecule has 0 radical (unpaired) electrons. The third kappa shape index (κ3) is 5.12. The van der Waals surface area contributed by atoms with Gasteiger partial charge >= 0.3 is 47.4 Å². The van der Waals surface area contributed by atoms with Crippen molar-refractivity contribution >= 4 is 40.0 Å². The van der Waals surface area contributed by atoms with E-state index in [2.05, 4.69) is 15.6 Å². The molecule has 6 amide bonds. The average Bonchev–Trinajstić information content (AvgIpc) is 3.23. The van der Waals surface area contributed by atoms with Crippen molar-refractivity contribution in [3.8, 4) is 0 Å². The van der Waals surface area contributed by atoms with Crippen molar-refractivity contribution in [2.45, 2.75) is 19.0 Å². The van der Waals surface area contributed by atoms with Gasteiger partial charge in [0.1, 0.15) is 12.1 Å². The maximum Gasteiger partial charge on any atom is 1.00 e. The number of piperazine rings is 1. The number of urea groups is 1. The van der Waals surface area contributed by atoms with Gasteiger partial charge in [-0.2, -0.15) is 0 Å². The van der Waals surface area contributed by atoms with E-state index in [0.717, 1.165) is 0 Å². The summed E-state index contributed by atoms with van der Waals surface area (Å²) in [7, 11) is -4.97. The van der Waals surface area contributed by atoms with Gasteiger partial charge in [0.05, 0.1) is 6.54 Å². The summed E-state index contributed by atoms with van der Waals surface area (Å²) >= 11 is 0. The first kappa shape index (κ1) is 25.8. The number of imide groups is 1. The SMILES string of the molecule is CCN1CCN(C(=O)NC(C(=O)NC2CN(S(=O)(=O)[O-])C2=O)c2ccc[nH]2)C(=O)C1=O.[Na+]. The molecule has 32 heavy (non-hydrogen) atoms. The minimum atomic E-state index is -4.97. The van der Waals surface area contributed by atoms with Gasteiger partial charge in [-0.25, -0.2) is 17.5 Å². The Morgan fingerprint density at radius 3 is 2.47 bits per heavy atom. The fourth-order valence-electron chi connectivity index (χ4n) is 3.14. The smallest absolute Gasteiger partial charge is 0.731 e. The van der Waals surface area contributed by atoms with Gasteiger partial charge in [-0.15, -0.1) is 0 Å². The van der Waals surface area contributed by atoms with E-state index in [1.54, 1.807) is 6.92 Å². The van der Waals surface area contributed by atoms with Gasteiger partial charge in [-0.3, -0.25) is 24.1 Å². The Balaban J connectivity index is 0.00000363. The Labute approximate surface area is 204 Å². The molecule has 2 aliphatic rings. The third-order valence-electron chi connectivity index (χ3n) is 4.88. The first-order chi connectivity index (χ1) is 14.5. The van der Waals surface area contributed by atoms with Crippen LogP contribution in [0.2, 0.25) is 0 Å². The fourth-order valence-corrected chi connectivity index (χ4v) is 3.82. The van der Waals surface area contributed by atoms with Crippen molar-refractivity contribution < 1.29 is 66.5 Å². The molecule has 14 nitrogen and oxygen atoms in total. The number of nitrogens with zero attached hydrogens (tertiary/aromatic N) is 3. The van der Waals surface area contributed by atoms with Crippen molar-refractivity contribution in [1.29, 1.82) is 0 Å². The predicted octanol–water partition coefficient (Wildman–Crippen LogP) is -5.75. The quantitative estimate of drug-likeness (QED) is 0.156. The maximum atomic E-state index is 12.7. The molecule has 2 saturated heterocycles. The molecule has 1 aromatic heterocycles. The van der Waals surface area contributed by atoms with Crippen molar-refractivity contribution in [2.75, 3.05) is 26.2 Å². The zero-order valence-corrected chi connectivity index (χ0v) is 20.0. The second kappa shape index (κ2) is 9.99. The summed E-state index contributed by atoms with van der Waals surface area (Å²) in [5.74, 6) is -3.87. The van der Waals surface area contributed by atoms with Gasteiger partial charge in [0.25, 0.3) is 5.91 Å². The first-order valence-electron chi connectivity index (χ1n) is 9.17. The summed E-state index contributed by atoms with van der Waals surface area (Å²) in [4.78, 5) is 66.0. The van der Waals surface area contributed by atoms with E-state index >= 15 is 0 Å². The molecule has 2 aliphatic heterocycles. The van der Waals surface area contributed by atoms with Crippen LogP contribution in [-0.4, -0.2) is 93.9 Å². The van der Waals surface area contributed by atoms with Crippen LogP contribution in [0.15, 0.2) is 18.3 Å². The zero-order valence-electron chi connectivity index (χ0n) is 17.2. The van der Waals surface area contributed by atoms with Gasteiger partial charge in [0, 0.05) is 31.5 Å². The number of hydrogen-bond donors (Lipinski definition) is 3. The van der Waals surface area contributed by atoms with Crippen LogP contribution in [0.5, 0.6) is 0 Å². The van der Waals surface area contributed by atoms with Crippen LogP contribution in [0, 0.1) is 0 Å². The minimum Gasteiger partial charge on any atom is -0.731 e. The van der Waals surface area contributed by atoms with Crippen LogP contribution in [0.3, 0.4) is 0 Å². The standard InChI is InChI=1S/C16H20N6O8S.Na/c1-2-20-6-7-21(15(26)14(20)25)16(27)19-11(9-4-3-5-17-9)12(23)18-10-8-22(13(10)24)31(28,29)30;/h3-5,10-11,17H,2,6-8H2,1H3,(H,18,23)(H,19,27)(H,28,29,30);/q;+1/p-1. The summed E-state index contributed by atoms with van der Waals surface area (Å²) < 4.78 is 32.8. The largest absolute Gasteiger partial charge is 1.00 e. The number of carbonyl (C=O) groups is 5. The number of nitrogens with one attached hydrogen (secondary N) is 3. The summed E-state index contributed by atoms with van der Waals surface area (Å²) in [6.45, 7) is 1.53. The van der Waals surface area contributed by atoms with Crippen LogP contribution >= 0.6 is 0 Å². The second-order valence-corrected chi connectivity index (χ2v) is 8.03. The fraction of sp³-hybridized carbons (Fsp3) is 0.438. The van der Waals surface area contributed by atoms with E-state index in [9.17, 15) is 36.9 Å². The molecule has 3 rings (SSSR count). The Morgan fingerprint density at radius 1 is 1.25 bits per heavy atom. The average molecular weight is 478 g/mol. The molecule has 0 spiro atoms. The second-order valence-electron chi connectivity index (χ2n) is 6.74. The number of β-lactam (4-membered cyclic amide) rings is 1. The van der Waals surface area contributed by atoms with Gasteiger partial charge in [-0.05, 0) is 19.1 Å². The molecule has 16 heteroatoms. The molecule has 2 atom stereocenters. The molecule has 2 fully saturated rings. The van der Waals surface area contributed by atoms with Crippen molar-refractivity contribution in [1.82, 2.24) is 29.7 Å². The molecule has 0 aliphatic carbocycles. The Morgan fingerprint density at radius 2 is 1.94 bits per heavy atom. The third-order valence-corrected chi connectivity index (χ3v) is 5.75. The molecular formula is C16H19N6NaO8S. The Kier molecular flexibility index (Phi) is 8.06. The predicted molar refractivity (Wildman–Crippen MR) is 99.4 cm³/mol. The Bertz CT molecular complexity index is 1030. The van der Waals surface area contributed by atoms with Crippen LogP contribution in [0.1, 0.15) is 18.7 Å². The number of rotatable bonds is 6. The number of likely N-dealkylation sites (N-methyl/N-ethyl adjacent to an activating group) is 1. The van der Waals surface area contributed by atoms with Gasteiger partial charge in [-0.1, -0.05) is 0 Å². The number of amides is 6. The summed E-state index contributed by atoms with van der Waals surface area (Å²) in [5.41, 5.74) is 0.205. The normalized spacial score (nSPS) is 19.8. The van der Waals surface area contributed by atoms with E-state index in [1.807, 2.05) is 0 Å². The number of aromatic nitrogens is 1. The van der Waals surface area contributed by atoms with Crippen molar-refractivity contribution in [3.63, 3.8) is 0 Å². The molecule has 3 N–H and O–H groups in total. The summed E-state index contributed by atoms with van der Waals surface area (Å²) in [6, 6.07) is -0.644. The summed E-state index contributed by atoms with van der Waals surface area (Å²) in [6.07, 6.45) is 1.47. The van der Waals surface area contributed by atoms with E-state index in [1.165, 1.54) is 23.2 Å². The van der Waals surface area contributed by atoms with Gasteiger partial charge in [0.15, 0.2) is 10.3 Å². The van der Waals surface area contributed by atoms with Crippen molar-refractivity contribution in [3.05, 3.63) is 24.0 Å². The minimum absolute atomic E-state index is 0. The topological polar surface area (TPSA) is 192 Å². The molecule has 3 heterocycles. The molecule has 1 aromatic rings. The molecule has 0 aromatic carbocycles. The van der Waals surface area contributed by atoms with E-state index < -0.39 is 58.6 Å². The van der Waals surface area contributed by atoms with E-state index in [0.29, 0.717) is 11.4 Å². The van der Waals surface area contributed by atoms with E-state index in [4.69, 9.17) is 0 Å². The Hall–Kier alpha value is -2.46. The molecule has 2 unspecified atom stereocenters. The molecule has 0 bridgehead atoms. The summed E-state index contributed by atoms with van der Waals surface area (Å²) in [5, 5.41) is 4.58. The van der Waals surface area contributed by atoms with Crippen LogP contribution in [0.25, 0.3) is 0 Å². The van der Waals surface area contributed by atoms with E-state index in [-0.39, 0.29) is 52.6 Å². The van der Waals surface area contributed by atoms with Gasteiger partial charge in [0.2, 0.25) is 5.91 Å². The van der Waals surface area contributed by atoms with Crippen LogP contribution in [-0.2, 0) is 29.5 Å². The monoisotopic (exact) mass is 478 g/mol. The number of carbonyl (C=O) groups excluding carboxylic acids is 5. The zero-order chi connectivity index (χ0) is 22.9.